The van der Waals surface area contributed by atoms with Gasteiger partial charge in [0.15, 0.2) is 6.29 Å². The quantitative estimate of drug-likeness (QED) is 0.728. The summed E-state index contributed by atoms with van der Waals surface area (Å²) in [4.78, 5) is 8.35. The maximum absolute atomic E-state index is 5.16. The van der Waals surface area contributed by atoms with E-state index in [0.717, 1.165) is 11.5 Å². The molecule has 16 heavy (non-hydrogen) atoms. The molecule has 0 amide bonds. The molecule has 0 aliphatic heterocycles. The molecular formula is C11H19N3O2. The van der Waals surface area contributed by atoms with Gasteiger partial charge in [-0.3, -0.25) is 0 Å². The second-order valence-electron chi connectivity index (χ2n) is 3.60. The molecule has 0 saturated heterocycles. The number of nitrogens with zero attached hydrogens (tertiary/aromatic N) is 2. The molecule has 1 unspecified atom stereocenters. The molecule has 5 heteroatoms. The number of methoxy groups -OCH3 is 2. The van der Waals surface area contributed by atoms with Crippen LogP contribution in [0.3, 0.4) is 0 Å². The van der Waals surface area contributed by atoms with Gasteiger partial charge in [-0.25, -0.2) is 9.97 Å². The lowest BCUT2D eigenvalue weighted by Gasteiger charge is -2.21. The van der Waals surface area contributed by atoms with E-state index in [-0.39, 0.29) is 12.3 Å². The van der Waals surface area contributed by atoms with Gasteiger partial charge < -0.3 is 14.8 Å². The van der Waals surface area contributed by atoms with E-state index in [0.29, 0.717) is 6.54 Å². The molecule has 0 radical (unpaired) electrons. The van der Waals surface area contributed by atoms with E-state index in [1.807, 2.05) is 19.9 Å². The van der Waals surface area contributed by atoms with E-state index in [2.05, 4.69) is 15.3 Å². The van der Waals surface area contributed by atoms with E-state index in [9.17, 15) is 0 Å². The van der Waals surface area contributed by atoms with Gasteiger partial charge in [-0.05, 0) is 19.9 Å². The van der Waals surface area contributed by atoms with Crippen molar-refractivity contribution < 1.29 is 9.47 Å². The third-order valence-electron chi connectivity index (χ3n) is 2.31. The number of nitrogens with one attached hydrogen (secondary N) is 1. The molecule has 90 valence electrons. The van der Waals surface area contributed by atoms with Crippen molar-refractivity contribution in [1.29, 1.82) is 0 Å². The minimum atomic E-state index is -0.247. The van der Waals surface area contributed by atoms with Crippen molar-refractivity contribution in [2.75, 3.05) is 14.2 Å². The zero-order valence-corrected chi connectivity index (χ0v) is 10.2. The van der Waals surface area contributed by atoms with Crippen LogP contribution in [0.15, 0.2) is 12.3 Å². The van der Waals surface area contributed by atoms with Gasteiger partial charge in [-0.1, -0.05) is 0 Å². The molecular weight excluding hydrogens is 206 g/mol. The molecule has 0 saturated carbocycles. The Balaban J connectivity index is 2.45. The maximum atomic E-state index is 5.16. The van der Waals surface area contributed by atoms with E-state index < -0.39 is 0 Å². The van der Waals surface area contributed by atoms with E-state index in [1.54, 1.807) is 20.4 Å². The number of hydrogen-bond donors (Lipinski definition) is 1. The highest BCUT2D eigenvalue weighted by Crippen LogP contribution is 2.01. The smallest absolute Gasteiger partial charge is 0.171 e. The molecule has 0 bridgehead atoms. The Morgan fingerprint density at radius 1 is 1.38 bits per heavy atom. The minimum Gasteiger partial charge on any atom is -0.354 e. The lowest BCUT2D eigenvalue weighted by atomic mass is 10.3. The summed E-state index contributed by atoms with van der Waals surface area (Å²) in [6, 6.07) is 1.99. The number of hydrogen-bond acceptors (Lipinski definition) is 5. The van der Waals surface area contributed by atoms with Crippen LogP contribution in [0.25, 0.3) is 0 Å². The number of rotatable bonds is 6. The molecule has 1 N–H and O–H groups in total. The molecule has 1 aromatic heterocycles. The highest BCUT2D eigenvalue weighted by molar-refractivity contribution is 5.01. The van der Waals surface area contributed by atoms with Gasteiger partial charge in [-0.2, -0.15) is 0 Å². The minimum absolute atomic E-state index is 0.102. The second-order valence-corrected chi connectivity index (χ2v) is 3.60. The molecule has 0 fully saturated rings. The Morgan fingerprint density at radius 3 is 2.62 bits per heavy atom. The van der Waals surface area contributed by atoms with Crippen LogP contribution >= 0.6 is 0 Å². The van der Waals surface area contributed by atoms with E-state index in [4.69, 9.17) is 9.47 Å². The molecule has 0 aliphatic rings. The number of aryl methyl sites for hydroxylation is 1. The fourth-order valence-corrected chi connectivity index (χ4v) is 1.47. The Bertz CT molecular complexity index is 316. The third kappa shape index (κ3) is 3.84. The molecule has 1 atom stereocenters. The lowest BCUT2D eigenvalue weighted by molar-refractivity contribution is -0.119. The molecule has 1 aromatic rings. The lowest BCUT2D eigenvalue weighted by Crippen LogP contribution is -2.39. The second kappa shape index (κ2) is 6.52. The fraction of sp³-hybridized carbons (Fsp3) is 0.636. The monoisotopic (exact) mass is 225 g/mol. The van der Waals surface area contributed by atoms with Gasteiger partial charge in [0.1, 0.15) is 5.82 Å². The van der Waals surface area contributed by atoms with Crippen LogP contribution in [-0.2, 0) is 16.0 Å². The van der Waals surface area contributed by atoms with Gasteiger partial charge >= 0.3 is 0 Å². The van der Waals surface area contributed by atoms with Crippen molar-refractivity contribution in [2.45, 2.75) is 32.7 Å². The zero-order chi connectivity index (χ0) is 12.0. The van der Waals surface area contributed by atoms with Crippen molar-refractivity contribution >= 4 is 0 Å². The summed E-state index contributed by atoms with van der Waals surface area (Å²) in [6.45, 7) is 4.56. The van der Waals surface area contributed by atoms with Crippen molar-refractivity contribution in [3.05, 3.63) is 23.8 Å². The Morgan fingerprint density at radius 2 is 2.06 bits per heavy atom. The van der Waals surface area contributed by atoms with Gasteiger partial charge in [-0.15, -0.1) is 0 Å². The summed E-state index contributed by atoms with van der Waals surface area (Å²) >= 11 is 0. The molecule has 0 spiro atoms. The average molecular weight is 225 g/mol. The van der Waals surface area contributed by atoms with Crippen LogP contribution in [0.1, 0.15) is 18.4 Å². The summed E-state index contributed by atoms with van der Waals surface area (Å²) in [7, 11) is 3.25. The van der Waals surface area contributed by atoms with Crippen LogP contribution in [0.4, 0.5) is 0 Å². The maximum Gasteiger partial charge on any atom is 0.171 e. The molecule has 1 rings (SSSR count). The third-order valence-corrected chi connectivity index (χ3v) is 2.31. The van der Waals surface area contributed by atoms with Crippen molar-refractivity contribution in [2.24, 2.45) is 0 Å². The highest BCUT2D eigenvalue weighted by atomic mass is 16.7. The number of aromatic nitrogens is 2. The van der Waals surface area contributed by atoms with Crippen LogP contribution in [0.5, 0.6) is 0 Å². The Kier molecular flexibility index (Phi) is 5.31. The van der Waals surface area contributed by atoms with Crippen LogP contribution in [-0.4, -0.2) is 36.5 Å². The summed E-state index contributed by atoms with van der Waals surface area (Å²) in [5, 5.41) is 3.29. The Labute approximate surface area is 96.2 Å². The van der Waals surface area contributed by atoms with Gasteiger partial charge in [0, 0.05) is 27.0 Å². The first kappa shape index (κ1) is 13.0. The first-order valence-corrected chi connectivity index (χ1v) is 5.25. The fourth-order valence-electron chi connectivity index (χ4n) is 1.47. The van der Waals surface area contributed by atoms with Crippen molar-refractivity contribution in [1.82, 2.24) is 15.3 Å². The van der Waals surface area contributed by atoms with Gasteiger partial charge in [0.25, 0.3) is 0 Å². The largest absolute Gasteiger partial charge is 0.354 e. The number of ether oxygens (including phenoxy) is 2. The Hall–Kier alpha value is -1.04. The summed E-state index contributed by atoms with van der Waals surface area (Å²) in [6.07, 6.45) is 1.51. The van der Waals surface area contributed by atoms with E-state index >= 15 is 0 Å². The summed E-state index contributed by atoms with van der Waals surface area (Å²) < 4.78 is 10.3. The topological polar surface area (TPSA) is 56.3 Å². The summed E-state index contributed by atoms with van der Waals surface area (Å²) in [5.41, 5.74) is 0.963. The van der Waals surface area contributed by atoms with Crippen molar-refractivity contribution in [3.63, 3.8) is 0 Å². The average Bonchev–Trinajstić information content (AvgIpc) is 2.28. The molecule has 1 heterocycles. The first-order valence-electron chi connectivity index (χ1n) is 5.25. The van der Waals surface area contributed by atoms with Crippen LogP contribution in [0, 0.1) is 6.92 Å². The van der Waals surface area contributed by atoms with Crippen LogP contribution in [0.2, 0.25) is 0 Å². The standard InChI is InChI=1S/C11H19N3O2/c1-8(11(15-3)16-4)13-7-10-5-6-12-9(2)14-10/h5-6,8,11,13H,7H2,1-4H3. The molecule has 5 nitrogen and oxygen atoms in total. The van der Waals surface area contributed by atoms with Gasteiger partial charge in [0.05, 0.1) is 11.7 Å². The molecule has 0 aliphatic carbocycles. The molecule has 0 aromatic carbocycles. The van der Waals surface area contributed by atoms with Gasteiger partial charge in [0.2, 0.25) is 0 Å². The summed E-state index contributed by atoms with van der Waals surface area (Å²) in [5.74, 6) is 0.780. The van der Waals surface area contributed by atoms with Crippen molar-refractivity contribution in [3.8, 4) is 0 Å². The first-order chi connectivity index (χ1) is 7.67. The van der Waals surface area contributed by atoms with Crippen LogP contribution < -0.4 is 5.32 Å². The normalized spacial score (nSPS) is 13.1. The predicted octanol–water partition coefficient (Wildman–Crippen LogP) is 0.882. The van der Waals surface area contributed by atoms with E-state index in [1.165, 1.54) is 0 Å². The SMILES string of the molecule is COC(OC)C(C)NCc1ccnc(C)n1. The zero-order valence-electron chi connectivity index (χ0n) is 10.2. The predicted molar refractivity (Wildman–Crippen MR) is 60.9 cm³/mol. The highest BCUT2D eigenvalue weighted by Gasteiger charge is 2.14.